The second-order valence-corrected chi connectivity index (χ2v) is 10.5. The average Bonchev–Trinajstić information content (AvgIpc) is 2.95. The number of amides is 3. The van der Waals surface area contributed by atoms with E-state index in [1.54, 1.807) is 20.9 Å². The van der Waals surface area contributed by atoms with E-state index < -0.39 is 35.2 Å². The van der Waals surface area contributed by atoms with Crippen LogP contribution in [0.3, 0.4) is 0 Å². The first-order chi connectivity index (χ1) is 18.9. The third-order valence-electron chi connectivity index (χ3n) is 6.99. The standard InChI is InChI=1S/C32H38N4O4/c1-32(2,33)28(37)17-18-29(38)35(4)27(21-23-15-16-24-13-9-10-14-25(24)19-23)31(40)36(5)26(30(39)34-3)20-22-11-7-6-8-12-22/h6-19,26-27H,20-21,33H2,1-5H3,(H,34,39)/b18-17+/t26-,27-/m1/s1. The van der Waals surface area contributed by atoms with E-state index in [9.17, 15) is 19.2 Å². The number of hydrogen-bond donors (Lipinski definition) is 2. The van der Waals surface area contributed by atoms with Gasteiger partial charge in [-0.3, -0.25) is 19.2 Å². The molecule has 0 saturated heterocycles. The first kappa shape index (κ1) is 30.2. The number of likely N-dealkylation sites (N-methyl/N-ethyl adjacent to an activating group) is 3. The molecule has 0 aliphatic rings. The van der Waals surface area contributed by atoms with Crippen molar-refractivity contribution in [2.45, 2.75) is 44.3 Å². The Morgan fingerprint density at radius 3 is 2.02 bits per heavy atom. The van der Waals surface area contributed by atoms with Gasteiger partial charge in [-0.25, -0.2) is 0 Å². The molecule has 0 saturated carbocycles. The molecule has 8 heteroatoms. The molecule has 210 valence electrons. The molecule has 3 N–H and O–H groups in total. The second kappa shape index (κ2) is 13.2. The zero-order chi connectivity index (χ0) is 29.4. The van der Waals surface area contributed by atoms with Gasteiger partial charge in [-0.2, -0.15) is 0 Å². The van der Waals surface area contributed by atoms with Crippen molar-refractivity contribution in [1.29, 1.82) is 0 Å². The number of nitrogens with zero attached hydrogens (tertiary/aromatic N) is 2. The van der Waals surface area contributed by atoms with Crippen molar-refractivity contribution in [3.8, 4) is 0 Å². The number of carbonyl (C=O) groups excluding carboxylic acids is 4. The lowest BCUT2D eigenvalue weighted by molar-refractivity contribution is -0.146. The van der Waals surface area contributed by atoms with Crippen molar-refractivity contribution in [2.24, 2.45) is 5.73 Å². The van der Waals surface area contributed by atoms with Gasteiger partial charge in [-0.15, -0.1) is 0 Å². The zero-order valence-corrected chi connectivity index (χ0v) is 23.8. The van der Waals surface area contributed by atoms with Gasteiger partial charge in [0.05, 0.1) is 5.54 Å². The normalized spacial score (nSPS) is 13.1. The molecule has 0 aliphatic carbocycles. The SMILES string of the molecule is CNC(=O)[C@@H](Cc1ccccc1)N(C)C(=O)[C@@H](Cc1ccc2ccccc2c1)N(C)C(=O)/C=C/C(=O)C(C)(C)N. The Morgan fingerprint density at radius 1 is 0.800 bits per heavy atom. The Hall–Kier alpha value is -4.30. The molecule has 3 aromatic rings. The second-order valence-electron chi connectivity index (χ2n) is 10.5. The highest BCUT2D eigenvalue weighted by atomic mass is 16.2. The summed E-state index contributed by atoms with van der Waals surface area (Å²) in [6, 6.07) is 21.5. The minimum Gasteiger partial charge on any atom is -0.357 e. The lowest BCUT2D eigenvalue weighted by atomic mass is 9.98. The Balaban J connectivity index is 1.95. The van der Waals surface area contributed by atoms with Gasteiger partial charge in [0.15, 0.2) is 5.78 Å². The van der Waals surface area contributed by atoms with Crippen LogP contribution in [-0.4, -0.2) is 72.1 Å². The van der Waals surface area contributed by atoms with Crippen LogP contribution in [0.5, 0.6) is 0 Å². The Bertz CT molecular complexity index is 1390. The molecule has 3 aromatic carbocycles. The van der Waals surface area contributed by atoms with Crippen molar-refractivity contribution < 1.29 is 19.2 Å². The van der Waals surface area contributed by atoms with Gasteiger partial charge in [-0.05, 0) is 41.8 Å². The maximum Gasteiger partial charge on any atom is 0.247 e. The van der Waals surface area contributed by atoms with E-state index in [-0.39, 0.29) is 12.3 Å². The smallest absolute Gasteiger partial charge is 0.247 e. The number of nitrogens with one attached hydrogen (secondary N) is 1. The van der Waals surface area contributed by atoms with Gasteiger partial charge < -0.3 is 20.9 Å². The van der Waals surface area contributed by atoms with Crippen molar-refractivity contribution in [3.05, 3.63) is 96.1 Å². The van der Waals surface area contributed by atoms with E-state index in [2.05, 4.69) is 5.32 Å². The van der Waals surface area contributed by atoms with Crippen LogP contribution < -0.4 is 11.1 Å². The fourth-order valence-corrected chi connectivity index (χ4v) is 4.41. The van der Waals surface area contributed by atoms with Crippen LogP contribution in [0, 0.1) is 0 Å². The lowest BCUT2D eigenvalue weighted by Crippen LogP contribution is -2.55. The molecule has 0 fully saturated rings. The molecule has 0 spiro atoms. The minimum absolute atomic E-state index is 0.215. The van der Waals surface area contributed by atoms with Crippen molar-refractivity contribution in [3.63, 3.8) is 0 Å². The third kappa shape index (κ3) is 7.64. The number of fused-ring (bicyclic) bond motifs is 1. The Labute approximate surface area is 235 Å². The maximum absolute atomic E-state index is 14.0. The molecular formula is C32H38N4O4. The molecule has 0 aliphatic heterocycles. The van der Waals surface area contributed by atoms with Gasteiger partial charge >= 0.3 is 0 Å². The summed E-state index contributed by atoms with van der Waals surface area (Å²) in [6.07, 6.45) is 2.80. The van der Waals surface area contributed by atoms with Crippen LogP contribution in [0.25, 0.3) is 10.8 Å². The molecule has 0 bridgehead atoms. The number of benzene rings is 3. The monoisotopic (exact) mass is 542 g/mol. The topological polar surface area (TPSA) is 113 Å². The Kier molecular flexibility index (Phi) is 9.96. The van der Waals surface area contributed by atoms with Gasteiger partial charge in [0.1, 0.15) is 12.1 Å². The summed E-state index contributed by atoms with van der Waals surface area (Å²) in [7, 11) is 4.63. The fraction of sp³-hybridized carbons (Fsp3) is 0.312. The summed E-state index contributed by atoms with van der Waals surface area (Å²) >= 11 is 0. The number of rotatable bonds is 11. The average molecular weight is 543 g/mol. The predicted octanol–water partition coefficient (Wildman–Crippen LogP) is 2.89. The largest absolute Gasteiger partial charge is 0.357 e. The van der Waals surface area contributed by atoms with Crippen LogP contribution in [0.4, 0.5) is 0 Å². The van der Waals surface area contributed by atoms with Crippen molar-refractivity contribution in [2.75, 3.05) is 21.1 Å². The van der Waals surface area contributed by atoms with Crippen LogP contribution in [0.2, 0.25) is 0 Å². The molecule has 0 aromatic heterocycles. The van der Waals surface area contributed by atoms with E-state index in [0.29, 0.717) is 6.42 Å². The number of hydrogen-bond acceptors (Lipinski definition) is 5. The first-order valence-electron chi connectivity index (χ1n) is 13.2. The summed E-state index contributed by atoms with van der Waals surface area (Å²) in [5.41, 5.74) is 6.47. The molecule has 0 unspecified atom stereocenters. The third-order valence-corrected chi connectivity index (χ3v) is 6.99. The highest BCUT2D eigenvalue weighted by Crippen LogP contribution is 2.20. The molecular weight excluding hydrogens is 504 g/mol. The maximum atomic E-state index is 14.0. The van der Waals surface area contributed by atoms with E-state index in [1.807, 2.05) is 72.8 Å². The summed E-state index contributed by atoms with van der Waals surface area (Å²) in [5, 5.41) is 4.72. The van der Waals surface area contributed by atoms with Gasteiger partial charge in [-0.1, -0.05) is 72.8 Å². The number of carbonyl (C=O) groups is 4. The number of nitrogens with two attached hydrogens (primary N) is 1. The van der Waals surface area contributed by atoms with Gasteiger partial charge in [0.25, 0.3) is 0 Å². The first-order valence-corrected chi connectivity index (χ1v) is 13.2. The van der Waals surface area contributed by atoms with Crippen molar-refractivity contribution >= 4 is 34.3 Å². The Morgan fingerprint density at radius 2 is 1.40 bits per heavy atom. The summed E-state index contributed by atoms with van der Waals surface area (Å²) in [6.45, 7) is 3.11. The van der Waals surface area contributed by atoms with E-state index in [4.69, 9.17) is 5.73 Å². The van der Waals surface area contributed by atoms with Crippen LogP contribution in [0.15, 0.2) is 84.9 Å². The molecule has 0 radical (unpaired) electrons. The fourth-order valence-electron chi connectivity index (χ4n) is 4.41. The molecule has 40 heavy (non-hydrogen) atoms. The molecule has 3 amide bonds. The zero-order valence-electron chi connectivity index (χ0n) is 23.8. The van der Waals surface area contributed by atoms with Crippen LogP contribution in [0.1, 0.15) is 25.0 Å². The highest BCUT2D eigenvalue weighted by molar-refractivity contribution is 6.03. The molecule has 0 heterocycles. The van der Waals surface area contributed by atoms with E-state index >= 15 is 0 Å². The summed E-state index contributed by atoms with van der Waals surface area (Å²) in [5.74, 6) is -1.64. The molecule has 3 rings (SSSR count). The quantitative estimate of drug-likeness (QED) is 0.362. The van der Waals surface area contributed by atoms with E-state index in [0.717, 1.165) is 34.1 Å². The molecule has 8 nitrogen and oxygen atoms in total. The van der Waals surface area contributed by atoms with Crippen LogP contribution in [-0.2, 0) is 32.0 Å². The predicted molar refractivity (Wildman–Crippen MR) is 157 cm³/mol. The van der Waals surface area contributed by atoms with Crippen molar-refractivity contribution in [1.82, 2.24) is 15.1 Å². The van der Waals surface area contributed by atoms with Crippen LogP contribution >= 0.6 is 0 Å². The van der Waals surface area contributed by atoms with Gasteiger partial charge in [0, 0.05) is 40.1 Å². The highest BCUT2D eigenvalue weighted by Gasteiger charge is 2.34. The number of ketones is 1. The van der Waals surface area contributed by atoms with Gasteiger partial charge in [0.2, 0.25) is 17.7 Å². The summed E-state index contributed by atoms with van der Waals surface area (Å²) < 4.78 is 0. The summed E-state index contributed by atoms with van der Waals surface area (Å²) in [4.78, 5) is 55.2. The van der Waals surface area contributed by atoms with E-state index in [1.165, 1.54) is 23.9 Å². The molecule has 2 atom stereocenters. The lowest BCUT2D eigenvalue weighted by Gasteiger charge is -2.34. The minimum atomic E-state index is -1.13.